The molecule has 0 aliphatic rings. The molecule has 7 heteroatoms. The van der Waals surface area contributed by atoms with Crippen LogP contribution in [0.1, 0.15) is 16.7 Å². The van der Waals surface area contributed by atoms with E-state index in [0.29, 0.717) is 22.8 Å². The Balaban J connectivity index is 1.85. The van der Waals surface area contributed by atoms with E-state index < -0.39 is 12.7 Å². The Kier molecular flexibility index (Phi) is 6.81. The second-order valence-corrected chi connectivity index (χ2v) is 8.63. The maximum absolute atomic E-state index is 10.4. The molecule has 5 rings (SSSR count). The van der Waals surface area contributed by atoms with E-state index in [1.807, 2.05) is 65.3 Å². The summed E-state index contributed by atoms with van der Waals surface area (Å²) in [6.45, 7) is 0. The molecule has 1 heterocycles. The summed E-state index contributed by atoms with van der Waals surface area (Å²) in [4.78, 5) is 0. The van der Waals surface area contributed by atoms with E-state index in [4.69, 9.17) is 14.6 Å². The molecule has 0 spiro atoms. The van der Waals surface area contributed by atoms with Gasteiger partial charge in [0.25, 0.3) is 0 Å². The molecule has 0 atom stereocenters. The average Bonchev–Trinajstić information content (AvgIpc) is 3.41. The number of hydrogen-bond donors (Lipinski definition) is 2. The number of nitrogens with zero attached hydrogens (tertiary/aromatic N) is 2. The Morgan fingerprint density at radius 3 is 1.59 bits per heavy atom. The highest BCUT2D eigenvalue weighted by atomic mass is 16.5. The zero-order valence-electron chi connectivity index (χ0n) is 20.7. The van der Waals surface area contributed by atoms with Crippen LogP contribution in [-0.4, -0.2) is 41.2 Å². The summed E-state index contributed by atoms with van der Waals surface area (Å²) in [5.74, 6) is 1.09. The van der Waals surface area contributed by atoms with Crippen LogP contribution in [0.3, 0.4) is 0 Å². The Morgan fingerprint density at radius 1 is 0.676 bits per heavy atom. The first-order chi connectivity index (χ1) is 18.1. The highest BCUT2D eigenvalue weighted by Crippen LogP contribution is 2.41. The quantitative estimate of drug-likeness (QED) is 0.253. The Morgan fingerprint density at radius 2 is 1.16 bits per heavy atom. The minimum absolute atomic E-state index is 0.277. The minimum atomic E-state index is -1.74. The van der Waals surface area contributed by atoms with Crippen molar-refractivity contribution in [3.8, 4) is 22.8 Å². The van der Waals surface area contributed by atoms with Crippen LogP contribution in [0.15, 0.2) is 115 Å². The molecule has 37 heavy (non-hydrogen) atoms. The standard InChI is InChI=1S/C30H27BN2O4/c1-36-27-19-18-22(20-28(27)37-2)29-26(31(34)35)21-33(32-29)30(23-12-6-3-7-13-23,24-14-8-4-9-15-24)25-16-10-5-11-17-25/h3-21,34-35H,1-2H3. The SMILES string of the molecule is COc1ccc(-c2nn(C(c3ccccc3)(c3ccccc3)c3ccccc3)cc2B(O)O)cc1OC. The van der Waals surface area contributed by atoms with Crippen molar-refractivity contribution < 1.29 is 19.5 Å². The monoisotopic (exact) mass is 490 g/mol. The maximum atomic E-state index is 10.4. The fourth-order valence-corrected chi connectivity index (χ4v) is 4.89. The van der Waals surface area contributed by atoms with Crippen molar-refractivity contribution in [3.63, 3.8) is 0 Å². The number of ether oxygens (including phenoxy) is 2. The van der Waals surface area contributed by atoms with Gasteiger partial charge in [-0.15, -0.1) is 0 Å². The Labute approximate surface area is 216 Å². The van der Waals surface area contributed by atoms with E-state index in [2.05, 4.69) is 36.4 Å². The van der Waals surface area contributed by atoms with Crippen molar-refractivity contribution in [2.24, 2.45) is 0 Å². The van der Waals surface area contributed by atoms with Crippen molar-refractivity contribution in [2.45, 2.75) is 5.54 Å². The van der Waals surface area contributed by atoms with Gasteiger partial charge in [0.15, 0.2) is 11.5 Å². The second-order valence-electron chi connectivity index (χ2n) is 8.63. The summed E-state index contributed by atoms with van der Waals surface area (Å²) in [7, 11) is 1.40. The Hall–Kier alpha value is -4.33. The highest BCUT2D eigenvalue weighted by molar-refractivity contribution is 6.60. The smallest absolute Gasteiger partial charge is 0.492 e. The lowest BCUT2D eigenvalue weighted by atomic mass is 9.76. The molecule has 0 saturated heterocycles. The van der Waals surface area contributed by atoms with Crippen LogP contribution in [0.2, 0.25) is 0 Å². The van der Waals surface area contributed by atoms with E-state index in [0.717, 1.165) is 16.7 Å². The fraction of sp³-hybridized carbons (Fsp3) is 0.100. The first-order valence-electron chi connectivity index (χ1n) is 11.9. The predicted molar refractivity (Wildman–Crippen MR) is 145 cm³/mol. The van der Waals surface area contributed by atoms with Gasteiger partial charge in [0.1, 0.15) is 5.54 Å². The zero-order chi connectivity index (χ0) is 25.8. The van der Waals surface area contributed by atoms with Gasteiger partial charge in [-0.2, -0.15) is 5.10 Å². The molecule has 184 valence electrons. The molecule has 1 aromatic heterocycles. The molecule has 0 amide bonds. The number of methoxy groups -OCH3 is 2. The topological polar surface area (TPSA) is 76.7 Å². The van der Waals surface area contributed by atoms with Gasteiger partial charge in [-0.3, -0.25) is 4.68 Å². The van der Waals surface area contributed by atoms with Gasteiger partial charge < -0.3 is 19.5 Å². The van der Waals surface area contributed by atoms with Crippen molar-refractivity contribution in [1.29, 1.82) is 0 Å². The van der Waals surface area contributed by atoms with E-state index >= 15 is 0 Å². The lowest BCUT2D eigenvalue weighted by Crippen LogP contribution is -2.39. The summed E-state index contributed by atoms with van der Waals surface area (Å²) in [6.07, 6.45) is 1.71. The molecule has 5 aromatic rings. The van der Waals surface area contributed by atoms with Crippen LogP contribution in [0, 0.1) is 0 Å². The number of rotatable bonds is 8. The lowest BCUT2D eigenvalue weighted by molar-refractivity contribution is 0.355. The maximum Gasteiger partial charge on any atom is 0.492 e. The van der Waals surface area contributed by atoms with E-state index in [1.165, 1.54) is 0 Å². The normalized spacial score (nSPS) is 11.2. The van der Waals surface area contributed by atoms with Gasteiger partial charge in [0.2, 0.25) is 0 Å². The summed E-state index contributed by atoms with van der Waals surface area (Å²) in [6, 6.07) is 35.7. The summed E-state index contributed by atoms with van der Waals surface area (Å²) in [5, 5.41) is 25.9. The summed E-state index contributed by atoms with van der Waals surface area (Å²) < 4.78 is 12.7. The molecule has 0 radical (unpaired) electrons. The minimum Gasteiger partial charge on any atom is -0.493 e. The van der Waals surface area contributed by atoms with Crippen LogP contribution in [0.25, 0.3) is 11.3 Å². The first kappa shape index (κ1) is 24.4. The van der Waals surface area contributed by atoms with Gasteiger partial charge >= 0.3 is 7.12 Å². The molecule has 4 aromatic carbocycles. The van der Waals surface area contributed by atoms with Gasteiger partial charge in [-0.25, -0.2) is 0 Å². The number of hydrogen-bond acceptors (Lipinski definition) is 5. The third kappa shape index (κ3) is 4.29. The fourth-order valence-electron chi connectivity index (χ4n) is 4.89. The predicted octanol–water partition coefficient (Wildman–Crippen LogP) is 4.09. The van der Waals surface area contributed by atoms with Crippen LogP contribution in [0.5, 0.6) is 11.5 Å². The van der Waals surface area contributed by atoms with Gasteiger partial charge in [-0.05, 0) is 34.9 Å². The second kappa shape index (κ2) is 10.3. The molecule has 0 aliphatic carbocycles. The summed E-state index contributed by atoms with van der Waals surface area (Å²) >= 11 is 0. The average molecular weight is 490 g/mol. The van der Waals surface area contributed by atoms with Crippen LogP contribution in [0.4, 0.5) is 0 Å². The third-order valence-electron chi connectivity index (χ3n) is 6.60. The molecular formula is C30H27BN2O4. The van der Waals surface area contributed by atoms with Crippen LogP contribution in [-0.2, 0) is 5.54 Å². The van der Waals surface area contributed by atoms with Gasteiger partial charge in [0, 0.05) is 17.2 Å². The van der Waals surface area contributed by atoms with E-state index in [9.17, 15) is 10.0 Å². The van der Waals surface area contributed by atoms with Crippen molar-refractivity contribution in [2.75, 3.05) is 14.2 Å². The van der Waals surface area contributed by atoms with Crippen molar-refractivity contribution >= 4 is 12.6 Å². The highest BCUT2D eigenvalue weighted by Gasteiger charge is 2.40. The molecule has 2 N–H and O–H groups in total. The lowest BCUT2D eigenvalue weighted by Gasteiger charge is -2.36. The number of benzene rings is 4. The van der Waals surface area contributed by atoms with Gasteiger partial charge in [-0.1, -0.05) is 91.0 Å². The van der Waals surface area contributed by atoms with Crippen molar-refractivity contribution in [3.05, 3.63) is 132 Å². The first-order valence-corrected chi connectivity index (χ1v) is 11.9. The molecule has 0 fully saturated rings. The largest absolute Gasteiger partial charge is 0.493 e. The number of aromatic nitrogens is 2. The van der Waals surface area contributed by atoms with Gasteiger partial charge in [0.05, 0.1) is 19.9 Å². The molecular weight excluding hydrogens is 463 g/mol. The molecule has 0 bridgehead atoms. The van der Waals surface area contributed by atoms with E-state index in [-0.39, 0.29) is 5.46 Å². The molecule has 0 saturated carbocycles. The molecule has 0 unspecified atom stereocenters. The summed E-state index contributed by atoms with van der Waals surface area (Å²) in [5.41, 5.74) is 3.43. The zero-order valence-corrected chi connectivity index (χ0v) is 20.7. The molecule has 6 nitrogen and oxygen atoms in total. The molecule has 0 aliphatic heterocycles. The Bertz CT molecular complexity index is 1380. The van der Waals surface area contributed by atoms with Crippen LogP contribution < -0.4 is 14.9 Å². The third-order valence-corrected chi connectivity index (χ3v) is 6.60. The van der Waals surface area contributed by atoms with Crippen molar-refractivity contribution in [1.82, 2.24) is 9.78 Å². The van der Waals surface area contributed by atoms with E-state index in [1.54, 1.807) is 32.5 Å². The van der Waals surface area contributed by atoms with Crippen LogP contribution >= 0.6 is 0 Å².